The second-order valence-electron chi connectivity index (χ2n) is 5.41. The van der Waals surface area contributed by atoms with Crippen molar-refractivity contribution in [1.29, 1.82) is 0 Å². The Balaban J connectivity index is 1.78. The second kappa shape index (κ2) is 5.38. The Kier molecular flexibility index (Phi) is 3.84. The van der Waals surface area contributed by atoms with Gasteiger partial charge in [-0.15, -0.1) is 11.8 Å². The van der Waals surface area contributed by atoms with E-state index in [-0.39, 0.29) is 16.7 Å². The molecule has 0 aliphatic carbocycles. The summed E-state index contributed by atoms with van der Waals surface area (Å²) in [4.78, 5) is 26.0. The van der Waals surface area contributed by atoms with Crippen LogP contribution in [0.1, 0.15) is 19.8 Å². The first-order chi connectivity index (χ1) is 9.89. The van der Waals surface area contributed by atoms with Crippen LogP contribution in [0.5, 0.6) is 0 Å². The summed E-state index contributed by atoms with van der Waals surface area (Å²) in [6.07, 6.45) is 1.31. The normalized spacial score (nSPS) is 27.9. The van der Waals surface area contributed by atoms with Gasteiger partial charge in [0, 0.05) is 27.9 Å². The van der Waals surface area contributed by atoms with Gasteiger partial charge in [0.15, 0.2) is 0 Å². The van der Waals surface area contributed by atoms with E-state index in [9.17, 15) is 9.59 Å². The van der Waals surface area contributed by atoms with Crippen LogP contribution in [-0.4, -0.2) is 33.4 Å². The number of halogens is 2. The molecule has 2 fully saturated rings. The minimum Gasteiger partial charge on any atom is -0.324 e. The van der Waals surface area contributed by atoms with Crippen LogP contribution < -0.4 is 5.32 Å². The van der Waals surface area contributed by atoms with Crippen LogP contribution in [0.3, 0.4) is 0 Å². The molecule has 112 valence electrons. The van der Waals surface area contributed by atoms with Crippen LogP contribution in [0.25, 0.3) is 0 Å². The number of carbonyl (C=O) groups excluding carboxylic acids is 2. The third-order valence-corrected chi connectivity index (χ3v) is 5.82. The van der Waals surface area contributed by atoms with Crippen LogP contribution in [-0.2, 0) is 9.59 Å². The van der Waals surface area contributed by atoms with Gasteiger partial charge in [0.25, 0.3) is 0 Å². The van der Waals surface area contributed by atoms with Crippen LogP contribution in [0, 0.1) is 0 Å². The lowest BCUT2D eigenvalue weighted by atomic mass is 10.2. The molecule has 2 aliphatic rings. The molecule has 2 unspecified atom stereocenters. The first-order valence-corrected chi connectivity index (χ1v) is 8.36. The highest BCUT2D eigenvalue weighted by Crippen LogP contribution is 2.47. The lowest BCUT2D eigenvalue weighted by Gasteiger charge is -2.29. The van der Waals surface area contributed by atoms with Crippen LogP contribution >= 0.6 is 35.0 Å². The van der Waals surface area contributed by atoms with Gasteiger partial charge in [0.05, 0.1) is 4.87 Å². The molecule has 1 aromatic rings. The number of hydrogen-bond acceptors (Lipinski definition) is 3. The van der Waals surface area contributed by atoms with Crippen molar-refractivity contribution in [3.05, 3.63) is 28.2 Å². The van der Waals surface area contributed by atoms with Crippen molar-refractivity contribution in [1.82, 2.24) is 4.90 Å². The zero-order valence-electron chi connectivity index (χ0n) is 11.4. The molecule has 2 atom stereocenters. The minimum atomic E-state index is -0.437. The Morgan fingerprint density at radius 3 is 2.71 bits per heavy atom. The number of nitrogens with zero attached hydrogens (tertiary/aromatic N) is 1. The van der Waals surface area contributed by atoms with Crippen molar-refractivity contribution in [2.45, 2.75) is 30.7 Å². The van der Waals surface area contributed by atoms with E-state index < -0.39 is 6.04 Å². The minimum absolute atomic E-state index is 0.0479. The zero-order chi connectivity index (χ0) is 15.2. The summed E-state index contributed by atoms with van der Waals surface area (Å²) in [5, 5.41) is 3.72. The number of anilines is 1. The molecule has 0 radical (unpaired) electrons. The Hall–Kier alpha value is -0.910. The molecule has 2 heterocycles. The maximum absolute atomic E-state index is 12.5. The number of fused-ring (bicyclic) bond motifs is 1. The summed E-state index contributed by atoms with van der Waals surface area (Å²) < 4.78 is 0. The fourth-order valence-electron chi connectivity index (χ4n) is 2.87. The molecule has 0 aromatic heterocycles. The number of hydrogen-bond donors (Lipinski definition) is 1. The molecule has 0 bridgehead atoms. The molecule has 2 amide bonds. The first-order valence-electron chi connectivity index (χ1n) is 6.62. The molecule has 2 aliphatic heterocycles. The highest BCUT2D eigenvalue weighted by Gasteiger charge is 2.52. The van der Waals surface area contributed by atoms with Gasteiger partial charge >= 0.3 is 0 Å². The first kappa shape index (κ1) is 15.0. The van der Waals surface area contributed by atoms with E-state index in [1.54, 1.807) is 34.9 Å². The maximum atomic E-state index is 12.5. The fraction of sp³-hybridized carbons (Fsp3) is 0.429. The largest absolute Gasteiger partial charge is 0.324 e. The van der Waals surface area contributed by atoms with Crippen molar-refractivity contribution in [2.75, 3.05) is 11.1 Å². The Labute approximate surface area is 137 Å². The van der Waals surface area contributed by atoms with E-state index in [4.69, 9.17) is 23.2 Å². The summed E-state index contributed by atoms with van der Waals surface area (Å²) in [5.74, 6) is 0.467. The second-order valence-corrected chi connectivity index (χ2v) is 7.79. The molecule has 0 spiro atoms. The summed E-state index contributed by atoms with van der Waals surface area (Å²) in [7, 11) is 0. The van der Waals surface area contributed by atoms with E-state index in [1.807, 2.05) is 6.92 Å². The van der Waals surface area contributed by atoms with Crippen molar-refractivity contribution < 1.29 is 9.59 Å². The predicted molar refractivity (Wildman–Crippen MR) is 85.8 cm³/mol. The predicted octanol–water partition coefficient (Wildman–Crippen LogP) is 3.39. The van der Waals surface area contributed by atoms with Crippen molar-refractivity contribution in [2.24, 2.45) is 0 Å². The number of rotatable bonds is 2. The van der Waals surface area contributed by atoms with Gasteiger partial charge in [-0.3, -0.25) is 9.59 Å². The van der Waals surface area contributed by atoms with Crippen LogP contribution in [0.4, 0.5) is 5.69 Å². The van der Waals surface area contributed by atoms with Crippen LogP contribution in [0.15, 0.2) is 18.2 Å². The molecule has 1 N–H and O–H groups in total. The Morgan fingerprint density at radius 2 is 2.05 bits per heavy atom. The van der Waals surface area contributed by atoms with Gasteiger partial charge < -0.3 is 10.2 Å². The van der Waals surface area contributed by atoms with Crippen molar-refractivity contribution in [3.8, 4) is 0 Å². The molecule has 4 nitrogen and oxygen atoms in total. The van der Waals surface area contributed by atoms with Gasteiger partial charge in [0.1, 0.15) is 6.04 Å². The molecular formula is C14H14Cl2N2O2S. The molecule has 1 aromatic carbocycles. The molecule has 3 rings (SSSR count). The average Bonchev–Trinajstić information content (AvgIpc) is 2.86. The maximum Gasteiger partial charge on any atom is 0.248 e. The Bertz CT molecular complexity index is 605. The summed E-state index contributed by atoms with van der Waals surface area (Å²) in [6, 6.07) is 4.44. The third kappa shape index (κ3) is 2.74. The molecule has 2 saturated heterocycles. The lowest BCUT2D eigenvalue weighted by Crippen LogP contribution is -2.48. The number of benzene rings is 1. The molecular weight excluding hydrogens is 331 g/mol. The van der Waals surface area contributed by atoms with E-state index >= 15 is 0 Å². The topological polar surface area (TPSA) is 49.4 Å². The summed E-state index contributed by atoms with van der Waals surface area (Å²) in [5.41, 5.74) is 0.544. The average molecular weight is 345 g/mol. The van der Waals surface area contributed by atoms with Crippen molar-refractivity contribution >= 4 is 52.5 Å². The van der Waals surface area contributed by atoms with Gasteiger partial charge in [-0.2, -0.15) is 0 Å². The number of nitrogens with one attached hydrogen (secondary N) is 1. The standard InChI is InChI=1S/C14H14Cl2N2O2S/c1-14-3-2-12(19)18(14)11(7-21-14)13(20)17-10-5-8(15)4-9(16)6-10/h4-6,11H,2-3,7H2,1H3,(H,17,20). The smallest absolute Gasteiger partial charge is 0.248 e. The monoisotopic (exact) mass is 344 g/mol. The quantitative estimate of drug-likeness (QED) is 0.894. The van der Waals surface area contributed by atoms with E-state index in [1.165, 1.54) is 0 Å². The van der Waals surface area contributed by atoms with Crippen molar-refractivity contribution in [3.63, 3.8) is 0 Å². The number of carbonyl (C=O) groups is 2. The van der Waals surface area contributed by atoms with E-state index in [2.05, 4.69) is 5.32 Å². The lowest BCUT2D eigenvalue weighted by molar-refractivity contribution is -0.135. The fourth-order valence-corrected chi connectivity index (χ4v) is 4.82. The summed E-state index contributed by atoms with van der Waals surface area (Å²) in [6.45, 7) is 2.02. The summed E-state index contributed by atoms with van der Waals surface area (Å²) >= 11 is 13.5. The Morgan fingerprint density at radius 1 is 1.38 bits per heavy atom. The zero-order valence-corrected chi connectivity index (χ0v) is 13.7. The van der Waals surface area contributed by atoms with Crippen LogP contribution in [0.2, 0.25) is 10.0 Å². The molecule has 7 heteroatoms. The van der Waals surface area contributed by atoms with Gasteiger partial charge in [-0.1, -0.05) is 23.2 Å². The number of thioether (sulfide) groups is 1. The van der Waals surface area contributed by atoms with E-state index in [0.29, 0.717) is 27.9 Å². The SMILES string of the molecule is CC12CCC(=O)N1C(C(=O)Nc1cc(Cl)cc(Cl)c1)CS2. The van der Waals surface area contributed by atoms with E-state index in [0.717, 1.165) is 6.42 Å². The highest BCUT2D eigenvalue weighted by molar-refractivity contribution is 8.01. The molecule has 21 heavy (non-hydrogen) atoms. The van der Waals surface area contributed by atoms with Gasteiger partial charge in [-0.05, 0) is 31.5 Å². The van der Waals surface area contributed by atoms with Gasteiger partial charge in [0.2, 0.25) is 11.8 Å². The third-order valence-electron chi connectivity index (χ3n) is 3.88. The molecule has 0 saturated carbocycles. The number of amides is 2. The van der Waals surface area contributed by atoms with Gasteiger partial charge in [-0.25, -0.2) is 0 Å². The highest BCUT2D eigenvalue weighted by atomic mass is 35.5.